The molecule has 1 aromatic heterocycles. The molecule has 0 radical (unpaired) electrons. The van der Waals surface area contributed by atoms with Gasteiger partial charge in [-0.2, -0.15) is 5.10 Å². The highest BCUT2D eigenvalue weighted by atomic mass is 32.2. The zero-order valence-corrected chi connectivity index (χ0v) is 12.7. The zero-order chi connectivity index (χ0) is 15.3. The lowest BCUT2D eigenvalue weighted by atomic mass is 10.2. The van der Waals surface area contributed by atoms with E-state index >= 15 is 0 Å². The summed E-state index contributed by atoms with van der Waals surface area (Å²) < 4.78 is 28.5. The van der Waals surface area contributed by atoms with Crippen molar-refractivity contribution >= 4 is 10.0 Å². The molecule has 0 bridgehead atoms. The van der Waals surface area contributed by atoms with Gasteiger partial charge in [-0.1, -0.05) is 12.1 Å². The van der Waals surface area contributed by atoms with E-state index in [-0.39, 0.29) is 18.0 Å². The number of aromatic nitrogens is 2. The maximum absolute atomic E-state index is 12.1. The van der Waals surface area contributed by atoms with Gasteiger partial charge in [-0.15, -0.1) is 0 Å². The van der Waals surface area contributed by atoms with Crippen LogP contribution in [0.2, 0.25) is 0 Å². The molecule has 0 unspecified atom stereocenters. The molecule has 0 aliphatic heterocycles. The van der Waals surface area contributed by atoms with Gasteiger partial charge in [0.15, 0.2) is 0 Å². The van der Waals surface area contributed by atoms with Crippen molar-refractivity contribution in [2.75, 3.05) is 13.2 Å². The minimum atomic E-state index is -3.51. The molecule has 1 aromatic carbocycles. The fourth-order valence-corrected chi connectivity index (χ4v) is 2.95. The fourth-order valence-electron chi connectivity index (χ4n) is 1.93. The Morgan fingerprint density at radius 3 is 2.57 bits per heavy atom. The van der Waals surface area contributed by atoms with Crippen LogP contribution < -0.4 is 4.72 Å². The van der Waals surface area contributed by atoms with E-state index < -0.39 is 10.0 Å². The number of sulfonamides is 1. The van der Waals surface area contributed by atoms with Gasteiger partial charge >= 0.3 is 0 Å². The monoisotopic (exact) mass is 309 g/mol. The van der Waals surface area contributed by atoms with Gasteiger partial charge < -0.3 is 5.11 Å². The summed E-state index contributed by atoms with van der Waals surface area (Å²) in [5.74, 6) is 0. The Hall–Kier alpha value is -1.70. The molecule has 2 rings (SSSR count). The SMILES string of the molecule is Cc1cnn(CCNS(=O)(=O)c2ccc(CCO)cc2)c1. The second kappa shape index (κ2) is 6.84. The molecule has 6 nitrogen and oxygen atoms in total. The highest BCUT2D eigenvalue weighted by Gasteiger charge is 2.13. The van der Waals surface area contributed by atoms with Crippen LogP contribution in [0.15, 0.2) is 41.6 Å². The van der Waals surface area contributed by atoms with Crippen LogP contribution in [-0.2, 0) is 23.0 Å². The number of aryl methyl sites for hydroxylation is 1. The number of benzene rings is 1. The molecule has 0 spiro atoms. The first-order chi connectivity index (χ1) is 10.0. The summed E-state index contributed by atoms with van der Waals surface area (Å²) in [5, 5.41) is 12.9. The Labute approximate surface area is 124 Å². The Kier molecular flexibility index (Phi) is 5.11. The van der Waals surface area contributed by atoms with Gasteiger partial charge in [-0.25, -0.2) is 13.1 Å². The van der Waals surface area contributed by atoms with E-state index in [0.717, 1.165) is 11.1 Å². The van der Waals surface area contributed by atoms with Gasteiger partial charge in [0, 0.05) is 19.3 Å². The number of aliphatic hydroxyl groups excluding tert-OH is 1. The number of hydrogen-bond acceptors (Lipinski definition) is 4. The lowest BCUT2D eigenvalue weighted by Crippen LogP contribution is -2.27. The second-order valence-corrected chi connectivity index (χ2v) is 6.56. The molecule has 0 saturated heterocycles. The minimum Gasteiger partial charge on any atom is -0.396 e. The van der Waals surface area contributed by atoms with E-state index in [1.54, 1.807) is 35.1 Å². The van der Waals surface area contributed by atoms with Crippen LogP contribution in [0.1, 0.15) is 11.1 Å². The van der Waals surface area contributed by atoms with Gasteiger partial charge in [0.2, 0.25) is 10.0 Å². The summed E-state index contributed by atoms with van der Waals surface area (Å²) in [5.41, 5.74) is 1.95. The molecule has 2 aromatic rings. The quantitative estimate of drug-likeness (QED) is 0.789. The van der Waals surface area contributed by atoms with Crippen molar-refractivity contribution in [1.29, 1.82) is 0 Å². The summed E-state index contributed by atoms with van der Waals surface area (Å²) in [4.78, 5) is 0.223. The highest BCUT2D eigenvalue weighted by Crippen LogP contribution is 2.10. The minimum absolute atomic E-state index is 0.0492. The molecule has 0 atom stereocenters. The van der Waals surface area contributed by atoms with E-state index in [0.29, 0.717) is 13.0 Å². The van der Waals surface area contributed by atoms with Crippen molar-refractivity contribution < 1.29 is 13.5 Å². The molecule has 2 N–H and O–H groups in total. The maximum Gasteiger partial charge on any atom is 0.240 e. The van der Waals surface area contributed by atoms with Crippen LogP contribution in [0.5, 0.6) is 0 Å². The Morgan fingerprint density at radius 2 is 2.00 bits per heavy atom. The smallest absolute Gasteiger partial charge is 0.240 e. The molecule has 0 aliphatic carbocycles. The summed E-state index contributed by atoms with van der Waals surface area (Å²) >= 11 is 0. The summed E-state index contributed by atoms with van der Waals surface area (Å²) in [6, 6.07) is 6.51. The lowest BCUT2D eigenvalue weighted by molar-refractivity contribution is 0.299. The van der Waals surface area contributed by atoms with E-state index in [2.05, 4.69) is 9.82 Å². The third-order valence-corrected chi connectivity index (χ3v) is 4.51. The summed E-state index contributed by atoms with van der Waals surface area (Å²) in [6.45, 7) is 2.74. The number of nitrogens with zero attached hydrogens (tertiary/aromatic N) is 2. The predicted molar refractivity (Wildman–Crippen MR) is 79.4 cm³/mol. The first-order valence-electron chi connectivity index (χ1n) is 6.70. The highest BCUT2D eigenvalue weighted by molar-refractivity contribution is 7.89. The van der Waals surface area contributed by atoms with Crippen molar-refractivity contribution in [2.45, 2.75) is 24.8 Å². The number of rotatable bonds is 7. The van der Waals surface area contributed by atoms with Crippen molar-refractivity contribution in [1.82, 2.24) is 14.5 Å². The molecule has 0 aliphatic rings. The first-order valence-corrected chi connectivity index (χ1v) is 8.18. The van der Waals surface area contributed by atoms with Crippen molar-refractivity contribution in [2.24, 2.45) is 0 Å². The van der Waals surface area contributed by atoms with Crippen molar-refractivity contribution in [3.63, 3.8) is 0 Å². The summed E-state index contributed by atoms with van der Waals surface area (Å²) in [7, 11) is -3.51. The number of hydrogen-bond donors (Lipinski definition) is 2. The van der Waals surface area contributed by atoms with Crippen LogP contribution >= 0.6 is 0 Å². The summed E-state index contributed by atoms with van der Waals surface area (Å²) in [6.07, 6.45) is 4.11. The van der Waals surface area contributed by atoms with Gasteiger partial charge in [0.1, 0.15) is 0 Å². The maximum atomic E-state index is 12.1. The Balaban J connectivity index is 1.94. The topological polar surface area (TPSA) is 84.2 Å². The Bertz CT molecular complexity index is 678. The van der Waals surface area contributed by atoms with Crippen molar-refractivity contribution in [3.8, 4) is 0 Å². The zero-order valence-electron chi connectivity index (χ0n) is 11.9. The molecule has 7 heteroatoms. The van der Waals surface area contributed by atoms with Gasteiger partial charge in [0.05, 0.1) is 17.6 Å². The van der Waals surface area contributed by atoms with Crippen LogP contribution in [0.3, 0.4) is 0 Å². The largest absolute Gasteiger partial charge is 0.396 e. The molecule has 0 saturated carbocycles. The van der Waals surface area contributed by atoms with Crippen LogP contribution in [0.4, 0.5) is 0 Å². The van der Waals surface area contributed by atoms with Crippen molar-refractivity contribution in [3.05, 3.63) is 47.8 Å². The number of nitrogens with one attached hydrogen (secondary N) is 1. The molecular weight excluding hydrogens is 290 g/mol. The third kappa shape index (κ3) is 4.38. The third-order valence-electron chi connectivity index (χ3n) is 3.03. The predicted octanol–water partition coefficient (Wildman–Crippen LogP) is 0.705. The molecule has 0 amide bonds. The molecule has 114 valence electrons. The van der Waals surface area contributed by atoms with Gasteiger partial charge in [-0.05, 0) is 36.6 Å². The normalized spacial score (nSPS) is 11.7. The fraction of sp³-hybridized carbons (Fsp3) is 0.357. The standard InChI is InChI=1S/C14H19N3O3S/c1-12-10-15-17(11-12)8-7-16-21(19,20)14-4-2-13(3-5-14)6-9-18/h2-5,10-11,16,18H,6-9H2,1H3. The van der Waals surface area contributed by atoms with Crippen LogP contribution in [0.25, 0.3) is 0 Å². The first kappa shape index (κ1) is 15.7. The van der Waals surface area contributed by atoms with Crippen LogP contribution in [0, 0.1) is 6.92 Å². The second-order valence-electron chi connectivity index (χ2n) is 4.80. The van der Waals surface area contributed by atoms with Gasteiger partial charge in [0.25, 0.3) is 0 Å². The van der Waals surface area contributed by atoms with E-state index in [4.69, 9.17) is 5.11 Å². The Morgan fingerprint density at radius 1 is 1.29 bits per heavy atom. The van der Waals surface area contributed by atoms with E-state index in [9.17, 15) is 8.42 Å². The van der Waals surface area contributed by atoms with E-state index in [1.807, 2.05) is 13.1 Å². The molecular formula is C14H19N3O3S. The molecule has 1 heterocycles. The molecule has 0 fully saturated rings. The average molecular weight is 309 g/mol. The van der Waals surface area contributed by atoms with Gasteiger partial charge in [-0.3, -0.25) is 4.68 Å². The molecule has 21 heavy (non-hydrogen) atoms. The lowest BCUT2D eigenvalue weighted by Gasteiger charge is -2.07. The average Bonchev–Trinajstić information content (AvgIpc) is 2.85. The number of aliphatic hydroxyl groups is 1. The van der Waals surface area contributed by atoms with E-state index in [1.165, 1.54) is 0 Å². The van der Waals surface area contributed by atoms with Crippen LogP contribution in [-0.4, -0.2) is 36.5 Å².